The average Bonchev–Trinajstić information content (AvgIpc) is 3.10. The summed E-state index contributed by atoms with van der Waals surface area (Å²) in [6.07, 6.45) is 10.4. The third-order valence-electron chi connectivity index (χ3n) is 5.85. The minimum Gasteiger partial charge on any atom is -0.481 e. The van der Waals surface area contributed by atoms with Crippen molar-refractivity contribution in [3.8, 4) is 11.8 Å². The molecule has 4 heteroatoms. The third-order valence-corrected chi connectivity index (χ3v) is 5.85. The molecule has 0 amide bonds. The van der Waals surface area contributed by atoms with Crippen molar-refractivity contribution in [1.82, 2.24) is 0 Å². The van der Waals surface area contributed by atoms with Crippen molar-refractivity contribution in [2.24, 2.45) is 23.7 Å². The molecule has 0 bridgehead atoms. The average molecular weight is 360 g/mol. The summed E-state index contributed by atoms with van der Waals surface area (Å²) in [5, 5.41) is 29.4. The van der Waals surface area contributed by atoms with Gasteiger partial charge in [-0.3, -0.25) is 4.79 Å². The van der Waals surface area contributed by atoms with Crippen molar-refractivity contribution in [1.29, 1.82) is 0 Å². The predicted molar refractivity (Wildman–Crippen MR) is 102 cm³/mol. The lowest BCUT2D eigenvalue weighted by atomic mass is 9.89. The van der Waals surface area contributed by atoms with Gasteiger partial charge in [-0.15, -0.1) is 11.8 Å². The number of aliphatic hydroxyl groups is 2. The van der Waals surface area contributed by atoms with Gasteiger partial charge in [0.1, 0.15) is 0 Å². The topological polar surface area (TPSA) is 77.8 Å². The molecule has 2 fully saturated rings. The first kappa shape index (κ1) is 20.7. The lowest BCUT2D eigenvalue weighted by molar-refractivity contribution is -0.137. The van der Waals surface area contributed by atoms with E-state index in [0.717, 1.165) is 25.7 Å². The molecule has 6 atom stereocenters. The van der Waals surface area contributed by atoms with Gasteiger partial charge >= 0.3 is 5.97 Å². The van der Waals surface area contributed by atoms with E-state index in [9.17, 15) is 15.0 Å². The number of allylic oxidation sites excluding steroid dienone is 2. The van der Waals surface area contributed by atoms with Gasteiger partial charge in [-0.2, -0.15) is 0 Å². The molecular formula is C22H32O4. The highest BCUT2D eigenvalue weighted by Crippen LogP contribution is 2.50. The second kappa shape index (κ2) is 9.94. The van der Waals surface area contributed by atoms with Gasteiger partial charge in [0.2, 0.25) is 0 Å². The fourth-order valence-corrected chi connectivity index (χ4v) is 4.31. The number of fused-ring (bicyclic) bond motifs is 1. The Morgan fingerprint density at radius 3 is 2.85 bits per heavy atom. The number of rotatable bonds is 8. The smallest absolute Gasteiger partial charge is 0.303 e. The zero-order valence-corrected chi connectivity index (χ0v) is 15.9. The summed E-state index contributed by atoms with van der Waals surface area (Å²) in [5.74, 6) is 6.25. The van der Waals surface area contributed by atoms with E-state index in [-0.39, 0.29) is 24.4 Å². The number of hydrogen-bond acceptors (Lipinski definition) is 3. The fourth-order valence-electron chi connectivity index (χ4n) is 4.31. The molecule has 26 heavy (non-hydrogen) atoms. The van der Waals surface area contributed by atoms with Gasteiger partial charge in [0.05, 0.1) is 12.2 Å². The Balaban J connectivity index is 1.89. The number of aliphatic hydroxyl groups excluding tert-OH is 2. The number of aliphatic carboxylic acids is 1. The first-order chi connectivity index (χ1) is 12.4. The van der Waals surface area contributed by atoms with Gasteiger partial charge in [-0.25, -0.2) is 0 Å². The van der Waals surface area contributed by atoms with Gasteiger partial charge in [0.15, 0.2) is 0 Å². The Morgan fingerprint density at radius 2 is 2.15 bits per heavy atom. The highest BCUT2D eigenvalue weighted by atomic mass is 16.4. The van der Waals surface area contributed by atoms with Crippen LogP contribution in [0.5, 0.6) is 0 Å². The van der Waals surface area contributed by atoms with Crippen molar-refractivity contribution < 1.29 is 20.1 Å². The first-order valence-corrected chi connectivity index (χ1v) is 9.76. The lowest BCUT2D eigenvalue weighted by Crippen LogP contribution is -2.19. The van der Waals surface area contributed by atoms with E-state index >= 15 is 0 Å². The zero-order chi connectivity index (χ0) is 19.1. The van der Waals surface area contributed by atoms with E-state index in [1.54, 1.807) is 6.92 Å². The van der Waals surface area contributed by atoms with E-state index < -0.39 is 12.1 Å². The summed E-state index contributed by atoms with van der Waals surface area (Å²) < 4.78 is 0. The summed E-state index contributed by atoms with van der Waals surface area (Å²) in [5.41, 5.74) is 1.41. The molecule has 3 N–H and O–H groups in total. The molecule has 0 aromatic carbocycles. The first-order valence-electron chi connectivity index (χ1n) is 9.76. The van der Waals surface area contributed by atoms with Crippen LogP contribution in [0.1, 0.15) is 58.8 Å². The molecule has 0 aromatic rings. The Bertz CT molecular complexity index is 595. The van der Waals surface area contributed by atoms with Crippen molar-refractivity contribution in [3.05, 3.63) is 23.8 Å². The van der Waals surface area contributed by atoms with Crippen molar-refractivity contribution >= 4 is 5.97 Å². The Labute approximate surface area is 157 Å². The third kappa shape index (κ3) is 5.72. The van der Waals surface area contributed by atoms with Crippen LogP contribution in [-0.4, -0.2) is 33.5 Å². The van der Waals surface area contributed by atoms with E-state index in [2.05, 4.69) is 17.9 Å². The highest BCUT2D eigenvalue weighted by molar-refractivity contribution is 5.66. The summed E-state index contributed by atoms with van der Waals surface area (Å²) >= 11 is 0. The van der Waals surface area contributed by atoms with E-state index in [1.165, 1.54) is 5.57 Å². The quantitative estimate of drug-likeness (QED) is 0.351. The fraction of sp³-hybridized carbons (Fsp3) is 0.682. The second-order valence-electron chi connectivity index (χ2n) is 7.84. The highest BCUT2D eigenvalue weighted by Gasteiger charge is 2.44. The van der Waals surface area contributed by atoms with Crippen LogP contribution in [0.4, 0.5) is 0 Å². The molecule has 2 rings (SSSR count). The van der Waals surface area contributed by atoms with E-state index in [4.69, 9.17) is 5.11 Å². The normalized spacial score (nSPS) is 31.6. The molecule has 0 heterocycles. The largest absolute Gasteiger partial charge is 0.481 e. The van der Waals surface area contributed by atoms with E-state index in [1.807, 2.05) is 19.1 Å². The van der Waals surface area contributed by atoms with Crippen LogP contribution >= 0.6 is 0 Å². The van der Waals surface area contributed by atoms with Crippen LogP contribution in [0.3, 0.4) is 0 Å². The van der Waals surface area contributed by atoms with Gasteiger partial charge < -0.3 is 15.3 Å². The second-order valence-corrected chi connectivity index (χ2v) is 7.84. The summed E-state index contributed by atoms with van der Waals surface area (Å²) in [7, 11) is 0. The monoisotopic (exact) mass is 360 g/mol. The van der Waals surface area contributed by atoms with Gasteiger partial charge in [0, 0.05) is 18.8 Å². The Kier molecular flexibility index (Phi) is 7.93. The molecule has 0 saturated heterocycles. The minimum atomic E-state index is -0.738. The molecule has 0 aromatic heterocycles. The minimum absolute atomic E-state index is 0.0845. The van der Waals surface area contributed by atoms with Crippen LogP contribution in [-0.2, 0) is 4.79 Å². The number of unbranched alkanes of at least 4 members (excludes halogenated alkanes) is 1. The molecule has 1 unspecified atom stereocenters. The molecule has 0 aliphatic heterocycles. The maximum atomic E-state index is 10.6. The van der Waals surface area contributed by atoms with Crippen LogP contribution in [0, 0.1) is 35.5 Å². The van der Waals surface area contributed by atoms with Crippen LogP contribution < -0.4 is 0 Å². The number of carboxylic acid groups (broad SMARTS) is 1. The van der Waals surface area contributed by atoms with Crippen LogP contribution in [0.2, 0.25) is 0 Å². The zero-order valence-electron chi connectivity index (χ0n) is 15.9. The molecule has 144 valence electrons. The van der Waals surface area contributed by atoms with Crippen molar-refractivity contribution in [2.75, 3.05) is 0 Å². The lowest BCUT2D eigenvalue weighted by Gasteiger charge is -2.19. The van der Waals surface area contributed by atoms with Gasteiger partial charge in [-0.1, -0.05) is 30.7 Å². The number of carboxylic acids is 1. The summed E-state index contributed by atoms with van der Waals surface area (Å²) in [6.45, 7) is 3.79. The molecule has 0 spiro atoms. The molecule has 0 radical (unpaired) electrons. The predicted octanol–water partition coefficient (Wildman–Crippen LogP) is 3.54. The van der Waals surface area contributed by atoms with Crippen LogP contribution in [0.25, 0.3) is 0 Å². The molecule has 2 saturated carbocycles. The molecular weight excluding hydrogens is 328 g/mol. The number of carbonyl (C=O) groups is 1. The Hall–Kier alpha value is -1.57. The Morgan fingerprint density at radius 1 is 1.38 bits per heavy atom. The maximum Gasteiger partial charge on any atom is 0.303 e. The van der Waals surface area contributed by atoms with Gasteiger partial charge in [0.25, 0.3) is 0 Å². The number of hydrogen-bond donors (Lipinski definition) is 3. The summed E-state index contributed by atoms with van der Waals surface area (Å²) in [6, 6.07) is 0. The standard InChI is InChI=1S/C22H32O4/c1-3-4-7-15(2)20(23)11-10-18-19-13-16(8-5-6-9-22(25)26)12-17(19)14-21(18)24/h8,10-11,15,17-21,23-24H,5-7,9,12-14H2,1-2H3,(H,25,26)/b11-10+,16-8+/t15-,17+,18+,19-,20+,21?/m0/s1. The molecule has 2 aliphatic carbocycles. The maximum absolute atomic E-state index is 10.6. The van der Waals surface area contributed by atoms with Gasteiger partial charge in [-0.05, 0) is 56.8 Å². The summed E-state index contributed by atoms with van der Waals surface area (Å²) in [4.78, 5) is 10.6. The molecule has 2 aliphatic rings. The van der Waals surface area contributed by atoms with E-state index in [0.29, 0.717) is 24.7 Å². The van der Waals surface area contributed by atoms with Crippen LogP contribution in [0.15, 0.2) is 23.8 Å². The molecule has 4 nitrogen and oxygen atoms in total. The SMILES string of the molecule is CC#CC[C@H](C)[C@H](O)/C=C/[C@H]1C(O)C[C@H]2C/C(=C\CCCC(=O)O)C[C@@H]21. The van der Waals surface area contributed by atoms with Crippen molar-refractivity contribution in [2.45, 2.75) is 71.0 Å². The van der Waals surface area contributed by atoms with Crippen molar-refractivity contribution in [3.63, 3.8) is 0 Å².